The Labute approximate surface area is 194 Å². The van der Waals surface area contributed by atoms with Crippen LogP contribution in [0.1, 0.15) is 5.56 Å². The SMILES string of the molecule is Cc1ccc(-c2ccc3c(ccc4ccccc43)c2)cc1-c1n(-c2ccccc2)cc[n+]1C. The Hall–Kier alpha value is -4.17. The summed E-state index contributed by atoms with van der Waals surface area (Å²) in [6.45, 7) is 2.19. The first-order valence-corrected chi connectivity index (χ1v) is 11.3. The standard InChI is InChI=1S/C31H25N2/c1-22-12-13-25(21-30(22)31-32(2)18-19-33(31)27-9-4-3-5-10-27)24-16-17-29-26(20-24)15-14-23-8-6-7-11-28(23)29/h3-21H,1-2H3/q+1. The van der Waals surface area contributed by atoms with E-state index in [2.05, 4.69) is 139 Å². The fourth-order valence-electron chi connectivity index (χ4n) is 4.83. The van der Waals surface area contributed by atoms with Gasteiger partial charge in [0.05, 0.1) is 12.6 Å². The zero-order valence-corrected chi connectivity index (χ0v) is 18.9. The quantitative estimate of drug-likeness (QED) is 0.209. The van der Waals surface area contributed by atoms with Crippen LogP contribution in [0.4, 0.5) is 0 Å². The first-order chi connectivity index (χ1) is 16.2. The average Bonchev–Trinajstić information content (AvgIpc) is 3.25. The Morgan fingerprint density at radius 3 is 2.21 bits per heavy atom. The zero-order chi connectivity index (χ0) is 22.4. The normalized spacial score (nSPS) is 11.3. The van der Waals surface area contributed by atoms with Crippen molar-refractivity contribution in [2.45, 2.75) is 6.92 Å². The molecule has 0 saturated carbocycles. The van der Waals surface area contributed by atoms with Gasteiger partial charge in [0.15, 0.2) is 0 Å². The molecule has 0 N–H and O–H groups in total. The Kier molecular flexibility index (Phi) is 4.58. The maximum Gasteiger partial charge on any atom is 0.294 e. The summed E-state index contributed by atoms with van der Waals surface area (Å²) in [5.41, 5.74) is 6.13. The maximum absolute atomic E-state index is 2.33. The number of benzene rings is 5. The monoisotopic (exact) mass is 425 g/mol. The van der Waals surface area contributed by atoms with E-state index in [0.29, 0.717) is 0 Å². The van der Waals surface area contributed by atoms with E-state index in [-0.39, 0.29) is 0 Å². The molecule has 0 amide bonds. The molecule has 0 unspecified atom stereocenters. The van der Waals surface area contributed by atoms with E-state index in [9.17, 15) is 0 Å². The minimum atomic E-state index is 1.16. The van der Waals surface area contributed by atoms with E-state index in [0.717, 1.165) is 5.69 Å². The third-order valence-corrected chi connectivity index (χ3v) is 6.59. The van der Waals surface area contributed by atoms with Crippen molar-refractivity contribution in [1.82, 2.24) is 4.57 Å². The van der Waals surface area contributed by atoms with Gasteiger partial charge in [0.25, 0.3) is 5.82 Å². The summed E-state index contributed by atoms with van der Waals surface area (Å²) >= 11 is 0. The highest BCUT2D eigenvalue weighted by Gasteiger charge is 2.21. The molecule has 2 heteroatoms. The molecule has 6 aromatic rings. The third-order valence-electron chi connectivity index (χ3n) is 6.59. The van der Waals surface area contributed by atoms with E-state index in [1.165, 1.54) is 49.6 Å². The first kappa shape index (κ1) is 19.5. The molecule has 0 aliphatic carbocycles. The highest BCUT2D eigenvalue weighted by Crippen LogP contribution is 2.33. The highest BCUT2D eigenvalue weighted by atomic mass is 15.1. The molecule has 0 fully saturated rings. The van der Waals surface area contributed by atoms with Crippen molar-refractivity contribution < 1.29 is 4.57 Å². The van der Waals surface area contributed by atoms with Gasteiger partial charge in [0, 0.05) is 0 Å². The van der Waals surface area contributed by atoms with Crippen molar-refractivity contribution in [3.63, 3.8) is 0 Å². The largest absolute Gasteiger partial charge is 0.294 e. The minimum Gasteiger partial charge on any atom is -0.232 e. The van der Waals surface area contributed by atoms with E-state index < -0.39 is 0 Å². The molecule has 5 aromatic carbocycles. The number of fused-ring (bicyclic) bond motifs is 3. The summed E-state index contributed by atoms with van der Waals surface area (Å²) in [7, 11) is 2.11. The summed E-state index contributed by atoms with van der Waals surface area (Å²) in [6.07, 6.45) is 4.26. The molecule has 0 radical (unpaired) electrons. The van der Waals surface area contributed by atoms with Gasteiger partial charge in [-0.1, -0.05) is 78.9 Å². The Morgan fingerprint density at radius 1 is 0.636 bits per heavy atom. The number of imidazole rings is 1. The predicted molar refractivity (Wildman–Crippen MR) is 138 cm³/mol. The topological polar surface area (TPSA) is 8.81 Å². The van der Waals surface area contributed by atoms with Crippen LogP contribution in [-0.2, 0) is 7.05 Å². The Morgan fingerprint density at radius 2 is 1.33 bits per heavy atom. The molecule has 0 aliphatic heterocycles. The summed E-state index contributed by atoms with van der Waals surface area (Å²) in [4.78, 5) is 0. The van der Waals surface area contributed by atoms with Crippen LogP contribution in [0.15, 0.2) is 116 Å². The molecule has 0 aliphatic rings. The molecular weight excluding hydrogens is 400 g/mol. The van der Waals surface area contributed by atoms with E-state index in [1.807, 2.05) is 0 Å². The third kappa shape index (κ3) is 3.32. The Bertz CT molecular complexity index is 1620. The molecular formula is C31H25N2+. The molecule has 1 aromatic heterocycles. The zero-order valence-electron chi connectivity index (χ0n) is 18.9. The van der Waals surface area contributed by atoms with Gasteiger partial charge in [-0.05, 0) is 69.4 Å². The summed E-state index contributed by atoms with van der Waals surface area (Å²) in [5.74, 6) is 1.17. The summed E-state index contributed by atoms with van der Waals surface area (Å²) in [5, 5.41) is 5.16. The van der Waals surface area contributed by atoms with Crippen LogP contribution in [0.3, 0.4) is 0 Å². The van der Waals surface area contributed by atoms with Crippen molar-refractivity contribution in [2.24, 2.45) is 7.05 Å². The lowest BCUT2D eigenvalue weighted by Crippen LogP contribution is -2.29. The van der Waals surface area contributed by atoms with Crippen molar-refractivity contribution in [3.05, 3.63) is 121 Å². The molecule has 6 rings (SSSR count). The van der Waals surface area contributed by atoms with E-state index in [1.54, 1.807) is 0 Å². The number of hydrogen-bond acceptors (Lipinski definition) is 0. The molecule has 0 saturated heterocycles. The molecule has 2 nitrogen and oxygen atoms in total. The minimum absolute atomic E-state index is 1.16. The lowest BCUT2D eigenvalue weighted by molar-refractivity contribution is -0.659. The second-order valence-corrected chi connectivity index (χ2v) is 8.69. The summed E-state index contributed by atoms with van der Waals surface area (Å²) in [6, 6.07) is 37.2. The van der Waals surface area contributed by atoms with Gasteiger partial charge in [-0.2, -0.15) is 4.57 Å². The van der Waals surface area contributed by atoms with E-state index in [4.69, 9.17) is 0 Å². The van der Waals surface area contributed by atoms with Gasteiger partial charge in [0.2, 0.25) is 0 Å². The van der Waals surface area contributed by atoms with Gasteiger partial charge in [-0.3, -0.25) is 0 Å². The second kappa shape index (κ2) is 7.75. The lowest BCUT2D eigenvalue weighted by Gasteiger charge is -2.11. The molecule has 0 spiro atoms. The highest BCUT2D eigenvalue weighted by molar-refractivity contribution is 6.08. The number of nitrogens with zero attached hydrogens (tertiary/aromatic N) is 2. The molecule has 33 heavy (non-hydrogen) atoms. The smallest absolute Gasteiger partial charge is 0.232 e. The first-order valence-electron chi connectivity index (χ1n) is 11.3. The predicted octanol–water partition coefficient (Wildman–Crippen LogP) is 7.25. The van der Waals surface area contributed by atoms with Crippen LogP contribution in [0.5, 0.6) is 0 Å². The van der Waals surface area contributed by atoms with Gasteiger partial charge in [-0.25, -0.2) is 4.57 Å². The summed E-state index contributed by atoms with van der Waals surface area (Å²) < 4.78 is 4.46. The fourth-order valence-corrected chi connectivity index (χ4v) is 4.83. The average molecular weight is 426 g/mol. The van der Waals surface area contributed by atoms with Crippen molar-refractivity contribution in [2.75, 3.05) is 0 Å². The maximum atomic E-state index is 2.33. The number of aromatic nitrogens is 2. The van der Waals surface area contributed by atoms with Crippen LogP contribution in [-0.4, -0.2) is 4.57 Å². The van der Waals surface area contributed by atoms with Crippen molar-refractivity contribution in [1.29, 1.82) is 0 Å². The van der Waals surface area contributed by atoms with Gasteiger partial charge in [0.1, 0.15) is 18.1 Å². The van der Waals surface area contributed by atoms with Crippen LogP contribution < -0.4 is 4.57 Å². The van der Waals surface area contributed by atoms with Gasteiger partial charge in [-0.15, -0.1) is 0 Å². The van der Waals surface area contributed by atoms with Crippen LogP contribution in [0, 0.1) is 6.92 Å². The fraction of sp³-hybridized carbons (Fsp3) is 0.0645. The lowest BCUT2D eigenvalue weighted by atomic mass is 9.95. The van der Waals surface area contributed by atoms with Crippen LogP contribution in [0.2, 0.25) is 0 Å². The van der Waals surface area contributed by atoms with Crippen molar-refractivity contribution >= 4 is 21.5 Å². The van der Waals surface area contributed by atoms with Gasteiger partial charge >= 0.3 is 0 Å². The number of aryl methyl sites for hydroxylation is 2. The van der Waals surface area contributed by atoms with Gasteiger partial charge < -0.3 is 0 Å². The molecule has 158 valence electrons. The van der Waals surface area contributed by atoms with Crippen LogP contribution >= 0.6 is 0 Å². The second-order valence-electron chi connectivity index (χ2n) is 8.69. The number of para-hydroxylation sites is 1. The number of rotatable bonds is 3. The molecule has 0 bridgehead atoms. The number of hydrogen-bond donors (Lipinski definition) is 0. The molecule has 1 heterocycles. The Balaban J connectivity index is 1.50. The van der Waals surface area contributed by atoms with Crippen LogP contribution in [0.25, 0.3) is 49.7 Å². The van der Waals surface area contributed by atoms with E-state index >= 15 is 0 Å². The van der Waals surface area contributed by atoms with Crippen molar-refractivity contribution in [3.8, 4) is 28.2 Å². The molecule has 0 atom stereocenters.